The zero-order valence-electron chi connectivity index (χ0n) is 19.4. The van der Waals surface area contributed by atoms with Gasteiger partial charge in [0.1, 0.15) is 5.60 Å². The quantitative estimate of drug-likeness (QED) is 0.575. The van der Waals surface area contributed by atoms with Crippen LogP contribution in [0.1, 0.15) is 49.4 Å². The minimum Gasteiger partial charge on any atom is -0.444 e. The van der Waals surface area contributed by atoms with Crippen LogP contribution in [-0.2, 0) is 22.3 Å². The predicted molar refractivity (Wildman–Crippen MR) is 126 cm³/mol. The molecule has 0 aliphatic heterocycles. The van der Waals surface area contributed by atoms with Gasteiger partial charge in [-0.3, -0.25) is 0 Å². The third-order valence-electron chi connectivity index (χ3n) is 5.34. The molecule has 0 spiro atoms. The van der Waals surface area contributed by atoms with E-state index in [0.717, 1.165) is 18.4 Å². The Kier molecular flexibility index (Phi) is 7.71. The van der Waals surface area contributed by atoms with Gasteiger partial charge in [-0.2, -0.15) is 5.26 Å². The average molecular weight is 433 g/mol. The molecule has 5 nitrogen and oxygen atoms in total. The van der Waals surface area contributed by atoms with E-state index in [1.807, 2.05) is 20.8 Å². The van der Waals surface area contributed by atoms with E-state index in [1.165, 1.54) is 27.2 Å². The topological polar surface area (TPSA) is 62.6 Å². The van der Waals surface area contributed by atoms with E-state index in [4.69, 9.17) is 14.7 Å². The van der Waals surface area contributed by atoms with E-state index in [0.29, 0.717) is 19.6 Å². The first kappa shape index (κ1) is 23.6. The monoisotopic (exact) mass is 432 g/mol. The third kappa shape index (κ3) is 6.21. The van der Waals surface area contributed by atoms with Crippen LogP contribution in [-0.4, -0.2) is 42.9 Å². The molecule has 0 bridgehead atoms. The van der Waals surface area contributed by atoms with Gasteiger partial charge in [-0.15, -0.1) is 0 Å². The summed E-state index contributed by atoms with van der Waals surface area (Å²) in [7, 11) is 1.71. The second kappa shape index (κ2) is 10.5. The largest absolute Gasteiger partial charge is 0.444 e. The normalized spacial score (nSPS) is 13.8. The molecule has 2 aromatic rings. The zero-order chi connectivity index (χ0) is 23.1. The molecule has 5 heteroatoms. The lowest BCUT2D eigenvalue weighted by molar-refractivity contribution is 0.0148. The van der Waals surface area contributed by atoms with Gasteiger partial charge in [0, 0.05) is 7.05 Å². The number of benzene rings is 2. The van der Waals surface area contributed by atoms with Crippen molar-refractivity contribution in [1.29, 1.82) is 5.26 Å². The molecule has 168 valence electrons. The molecule has 1 aliphatic rings. The number of hydrogen-bond acceptors (Lipinski definition) is 4. The smallest absolute Gasteiger partial charge is 0.410 e. The van der Waals surface area contributed by atoms with Crippen LogP contribution in [0.25, 0.3) is 5.57 Å². The van der Waals surface area contributed by atoms with Gasteiger partial charge in [0.25, 0.3) is 0 Å². The van der Waals surface area contributed by atoms with Crippen LogP contribution in [0.15, 0.2) is 54.6 Å². The molecule has 0 aromatic heterocycles. The maximum atomic E-state index is 12.5. The highest BCUT2D eigenvalue weighted by Gasteiger charge is 2.24. The molecule has 0 radical (unpaired) electrons. The van der Waals surface area contributed by atoms with Gasteiger partial charge in [0.05, 0.1) is 31.7 Å². The van der Waals surface area contributed by atoms with E-state index in [9.17, 15) is 4.79 Å². The van der Waals surface area contributed by atoms with Crippen LogP contribution in [0, 0.1) is 11.3 Å². The molecule has 0 heterocycles. The van der Waals surface area contributed by atoms with Gasteiger partial charge in [0.15, 0.2) is 0 Å². The van der Waals surface area contributed by atoms with Crippen molar-refractivity contribution in [3.05, 3.63) is 76.9 Å². The predicted octanol–water partition coefficient (Wildman–Crippen LogP) is 5.38. The van der Waals surface area contributed by atoms with Crippen molar-refractivity contribution in [2.24, 2.45) is 0 Å². The van der Waals surface area contributed by atoms with Crippen molar-refractivity contribution in [2.45, 2.75) is 51.7 Å². The fourth-order valence-corrected chi connectivity index (χ4v) is 3.88. The standard InChI is InChI=1S/C27H32N2O3/c1-27(2,3)32-26(30)29(4)19-22(31-17-9-16-28)18-25-23-12-7-5-10-20(23)14-15-21-11-6-8-13-24(21)25/h5-8,10-13,18,22H,9,14-15,17,19H2,1-4H3. The fraction of sp³-hybridized carbons (Fsp3) is 0.407. The minimum absolute atomic E-state index is 0.295. The second-order valence-electron chi connectivity index (χ2n) is 9.07. The molecule has 1 aliphatic carbocycles. The first-order valence-corrected chi connectivity index (χ1v) is 11.1. The second-order valence-corrected chi connectivity index (χ2v) is 9.07. The molecule has 32 heavy (non-hydrogen) atoms. The van der Waals surface area contributed by atoms with Gasteiger partial charge >= 0.3 is 6.09 Å². The number of carbonyl (C=O) groups excluding carboxylic acids is 1. The molecule has 1 amide bonds. The van der Waals surface area contributed by atoms with E-state index in [2.05, 4.69) is 60.7 Å². The van der Waals surface area contributed by atoms with Crippen molar-refractivity contribution in [3.63, 3.8) is 0 Å². The summed E-state index contributed by atoms with van der Waals surface area (Å²) in [6, 6.07) is 19.0. The summed E-state index contributed by atoms with van der Waals surface area (Å²) in [5.74, 6) is 0. The lowest BCUT2D eigenvalue weighted by atomic mass is 9.92. The minimum atomic E-state index is -0.569. The first-order valence-electron chi connectivity index (χ1n) is 11.1. The Morgan fingerprint density at radius 1 is 1.09 bits per heavy atom. The van der Waals surface area contributed by atoms with Crippen LogP contribution in [0.2, 0.25) is 0 Å². The molecular weight excluding hydrogens is 400 g/mol. The fourth-order valence-electron chi connectivity index (χ4n) is 3.88. The number of nitriles is 1. The number of amides is 1. The highest BCUT2D eigenvalue weighted by Crippen LogP contribution is 2.34. The summed E-state index contributed by atoms with van der Waals surface area (Å²) in [4.78, 5) is 14.1. The Morgan fingerprint density at radius 2 is 1.66 bits per heavy atom. The molecule has 0 saturated carbocycles. The van der Waals surface area contributed by atoms with Crippen LogP contribution in [0.4, 0.5) is 4.79 Å². The lowest BCUT2D eigenvalue weighted by Gasteiger charge is -2.27. The molecule has 0 saturated heterocycles. The maximum absolute atomic E-state index is 12.5. The highest BCUT2D eigenvalue weighted by atomic mass is 16.6. The first-order chi connectivity index (χ1) is 15.3. The number of hydrogen-bond donors (Lipinski definition) is 0. The summed E-state index contributed by atoms with van der Waals surface area (Å²) in [5, 5.41) is 8.97. The number of ether oxygens (including phenoxy) is 2. The SMILES string of the molecule is CN(CC(C=C1c2ccccc2CCc2ccccc21)OCCC#N)C(=O)OC(C)(C)C. The Labute approximate surface area is 191 Å². The van der Waals surface area contributed by atoms with E-state index in [1.54, 1.807) is 7.05 Å². The lowest BCUT2D eigenvalue weighted by Crippen LogP contribution is -2.39. The number of fused-ring (bicyclic) bond motifs is 2. The van der Waals surface area contributed by atoms with E-state index >= 15 is 0 Å². The van der Waals surface area contributed by atoms with E-state index in [-0.39, 0.29) is 6.10 Å². The van der Waals surface area contributed by atoms with Crippen LogP contribution in [0.5, 0.6) is 0 Å². The van der Waals surface area contributed by atoms with Crippen molar-refractivity contribution >= 4 is 11.7 Å². The summed E-state index contributed by atoms with van der Waals surface area (Å²) in [6.07, 6.45) is 3.57. The Balaban J connectivity index is 1.97. The third-order valence-corrected chi connectivity index (χ3v) is 5.34. The van der Waals surface area contributed by atoms with Gasteiger partial charge in [-0.05, 0) is 67.5 Å². The molecular formula is C27H32N2O3. The van der Waals surface area contributed by atoms with Gasteiger partial charge in [-0.25, -0.2) is 4.79 Å². The molecule has 1 atom stereocenters. The van der Waals surface area contributed by atoms with Crippen molar-refractivity contribution < 1.29 is 14.3 Å². The van der Waals surface area contributed by atoms with Crippen molar-refractivity contribution in [2.75, 3.05) is 20.2 Å². The number of rotatable bonds is 6. The number of nitrogens with zero attached hydrogens (tertiary/aromatic N) is 2. The summed E-state index contributed by atoms with van der Waals surface area (Å²) < 4.78 is 11.6. The van der Waals surface area contributed by atoms with Crippen molar-refractivity contribution in [3.8, 4) is 6.07 Å². The van der Waals surface area contributed by atoms with Gasteiger partial charge < -0.3 is 14.4 Å². The van der Waals surface area contributed by atoms with Crippen LogP contribution >= 0.6 is 0 Å². The average Bonchev–Trinajstić information content (AvgIpc) is 2.90. The Morgan fingerprint density at radius 3 is 2.19 bits per heavy atom. The molecule has 0 fully saturated rings. The summed E-state index contributed by atoms with van der Waals surface area (Å²) >= 11 is 0. The van der Waals surface area contributed by atoms with Crippen LogP contribution < -0.4 is 0 Å². The molecule has 3 rings (SSSR count). The zero-order valence-corrected chi connectivity index (χ0v) is 19.4. The Hall–Kier alpha value is -3.10. The molecule has 1 unspecified atom stereocenters. The molecule has 0 N–H and O–H groups in total. The van der Waals surface area contributed by atoms with Gasteiger partial charge in [-0.1, -0.05) is 48.5 Å². The summed E-state index contributed by atoms with van der Waals surface area (Å²) in [5.41, 5.74) is 5.50. The molecule has 2 aromatic carbocycles. The van der Waals surface area contributed by atoms with E-state index < -0.39 is 11.7 Å². The number of aryl methyl sites for hydroxylation is 2. The summed E-state index contributed by atoms with van der Waals surface area (Å²) in [6.45, 7) is 6.17. The highest BCUT2D eigenvalue weighted by molar-refractivity contribution is 5.84. The Bertz CT molecular complexity index is 965. The van der Waals surface area contributed by atoms with Crippen molar-refractivity contribution in [1.82, 2.24) is 4.90 Å². The number of carbonyl (C=O) groups is 1. The van der Waals surface area contributed by atoms with Crippen LogP contribution in [0.3, 0.4) is 0 Å². The number of likely N-dealkylation sites (N-methyl/N-ethyl adjacent to an activating group) is 1. The van der Waals surface area contributed by atoms with Gasteiger partial charge in [0.2, 0.25) is 0 Å². The maximum Gasteiger partial charge on any atom is 0.410 e.